The van der Waals surface area contributed by atoms with E-state index in [0.717, 1.165) is 6.42 Å². The second kappa shape index (κ2) is 7.28. The molecule has 1 N–H and O–H groups in total. The normalized spacial score (nSPS) is 10.4. The lowest BCUT2D eigenvalue weighted by Crippen LogP contribution is -2.29. The Balaban J connectivity index is 3.57. The summed E-state index contributed by atoms with van der Waals surface area (Å²) in [4.78, 5) is 3.75. The molecule has 0 aliphatic carbocycles. The monoisotopic (exact) mass is 155 g/mol. The molecule has 0 spiro atoms. The molecule has 3 nitrogen and oxygen atoms in total. The molecule has 0 radical (unpaired) electrons. The summed E-state index contributed by atoms with van der Waals surface area (Å²) < 4.78 is 0. The predicted octanol–water partition coefficient (Wildman–Crippen LogP) is 1.39. The summed E-state index contributed by atoms with van der Waals surface area (Å²) in [6.45, 7) is 6.16. The van der Waals surface area contributed by atoms with Crippen LogP contribution in [0.5, 0.6) is 0 Å². The van der Waals surface area contributed by atoms with Crippen molar-refractivity contribution in [3.63, 3.8) is 0 Å². The Kier molecular flexibility index (Phi) is 6.73. The summed E-state index contributed by atoms with van der Waals surface area (Å²) in [6, 6.07) is 0. The van der Waals surface area contributed by atoms with Crippen LogP contribution in [0.4, 0.5) is 0 Å². The molecular formula is C8H17N3. The summed E-state index contributed by atoms with van der Waals surface area (Å²) >= 11 is 0. The van der Waals surface area contributed by atoms with Crippen molar-refractivity contribution in [1.82, 2.24) is 10.4 Å². The maximum Gasteiger partial charge on any atom is 0.123 e. The van der Waals surface area contributed by atoms with Crippen molar-refractivity contribution in [2.75, 3.05) is 13.7 Å². The number of nitrogens with one attached hydrogen (secondary N) is 1. The van der Waals surface area contributed by atoms with Crippen LogP contribution >= 0.6 is 0 Å². The van der Waals surface area contributed by atoms with Gasteiger partial charge in [0, 0.05) is 13.2 Å². The van der Waals surface area contributed by atoms with E-state index < -0.39 is 0 Å². The van der Waals surface area contributed by atoms with Crippen LogP contribution in [0, 0.1) is 0 Å². The maximum absolute atomic E-state index is 3.75. The Morgan fingerprint density at radius 1 is 1.64 bits per heavy atom. The molecule has 0 amide bonds. The van der Waals surface area contributed by atoms with Crippen molar-refractivity contribution < 1.29 is 0 Å². The predicted molar refractivity (Wildman–Crippen MR) is 49.4 cm³/mol. The molecule has 0 aliphatic rings. The fourth-order valence-corrected chi connectivity index (χ4v) is 0.669. The zero-order chi connectivity index (χ0) is 8.53. The van der Waals surface area contributed by atoms with Crippen LogP contribution in [0.15, 0.2) is 17.3 Å². The van der Waals surface area contributed by atoms with Crippen LogP contribution in [-0.2, 0) is 0 Å². The summed E-state index contributed by atoms with van der Waals surface area (Å²) in [5, 5.41) is 1.88. The molecule has 0 aromatic carbocycles. The van der Waals surface area contributed by atoms with Gasteiger partial charge in [-0.05, 0) is 13.1 Å². The van der Waals surface area contributed by atoms with Gasteiger partial charge in [-0.2, -0.15) is 0 Å². The average Bonchev–Trinajstić information content (AvgIpc) is 2.03. The Morgan fingerprint density at radius 2 is 2.36 bits per heavy atom. The molecule has 0 heterocycles. The first-order valence-corrected chi connectivity index (χ1v) is 3.88. The van der Waals surface area contributed by atoms with E-state index in [1.165, 1.54) is 6.42 Å². The number of hydrogen-bond donors (Lipinski definition) is 1. The summed E-state index contributed by atoms with van der Waals surface area (Å²) in [6.07, 6.45) is 6.38. The van der Waals surface area contributed by atoms with Crippen LogP contribution in [0.3, 0.4) is 0 Å². The van der Waals surface area contributed by atoms with Gasteiger partial charge in [-0.15, -0.1) is 0 Å². The Bertz CT molecular complexity index is 121. The molecular weight excluding hydrogens is 138 g/mol. The van der Waals surface area contributed by atoms with Gasteiger partial charge in [-0.3, -0.25) is 10.0 Å². The molecule has 0 unspecified atom stereocenters. The van der Waals surface area contributed by atoms with Crippen molar-refractivity contribution >= 4 is 6.72 Å². The minimum atomic E-state index is 0.594. The number of rotatable bonds is 6. The van der Waals surface area contributed by atoms with Crippen LogP contribution in [0.1, 0.15) is 19.8 Å². The lowest BCUT2D eigenvalue weighted by molar-refractivity contribution is 0.308. The molecule has 0 saturated carbocycles. The highest BCUT2D eigenvalue weighted by molar-refractivity contribution is 5.22. The van der Waals surface area contributed by atoms with E-state index in [0.29, 0.717) is 6.67 Å². The van der Waals surface area contributed by atoms with Crippen LogP contribution in [0.25, 0.3) is 0 Å². The lowest BCUT2D eigenvalue weighted by Gasteiger charge is -2.14. The summed E-state index contributed by atoms with van der Waals surface area (Å²) in [5.74, 6) is 0. The Morgan fingerprint density at radius 3 is 2.82 bits per heavy atom. The Hall–Kier alpha value is -0.830. The van der Waals surface area contributed by atoms with Crippen molar-refractivity contribution in [2.24, 2.45) is 4.99 Å². The van der Waals surface area contributed by atoms with E-state index in [-0.39, 0.29) is 0 Å². The quantitative estimate of drug-likeness (QED) is 0.463. The zero-order valence-corrected chi connectivity index (χ0v) is 7.38. The van der Waals surface area contributed by atoms with E-state index in [2.05, 4.69) is 30.1 Å². The van der Waals surface area contributed by atoms with E-state index in [1.807, 2.05) is 18.3 Å². The van der Waals surface area contributed by atoms with Crippen LogP contribution in [-0.4, -0.2) is 25.4 Å². The van der Waals surface area contributed by atoms with Gasteiger partial charge in [0.2, 0.25) is 0 Å². The van der Waals surface area contributed by atoms with Gasteiger partial charge in [0.15, 0.2) is 0 Å². The van der Waals surface area contributed by atoms with Gasteiger partial charge in [0.25, 0.3) is 0 Å². The molecule has 0 atom stereocenters. The number of hydrazine groups is 1. The molecule has 0 saturated heterocycles. The van der Waals surface area contributed by atoms with Gasteiger partial charge in [0.05, 0.1) is 0 Å². The minimum absolute atomic E-state index is 0.594. The first kappa shape index (κ1) is 10.2. The number of allylic oxidation sites excluding steroid dienone is 1. The van der Waals surface area contributed by atoms with Crippen molar-refractivity contribution in [3.05, 3.63) is 12.3 Å². The molecule has 0 aliphatic heterocycles. The van der Waals surface area contributed by atoms with Crippen molar-refractivity contribution in [2.45, 2.75) is 19.8 Å². The Labute approximate surface area is 68.8 Å². The fraction of sp³-hybridized carbons (Fsp3) is 0.625. The fourth-order valence-electron chi connectivity index (χ4n) is 0.669. The summed E-state index contributed by atoms with van der Waals surface area (Å²) in [5.41, 5.74) is 2.97. The van der Waals surface area contributed by atoms with Gasteiger partial charge < -0.3 is 0 Å². The van der Waals surface area contributed by atoms with Crippen molar-refractivity contribution in [3.8, 4) is 0 Å². The van der Waals surface area contributed by atoms with Gasteiger partial charge in [-0.25, -0.2) is 5.43 Å². The van der Waals surface area contributed by atoms with Crippen molar-refractivity contribution in [1.29, 1.82) is 0 Å². The van der Waals surface area contributed by atoms with Crippen LogP contribution in [0.2, 0.25) is 0 Å². The second-order valence-corrected chi connectivity index (χ2v) is 2.23. The number of hydrogen-bond acceptors (Lipinski definition) is 3. The molecule has 0 bridgehead atoms. The van der Waals surface area contributed by atoms with E-state index in [4.69, 9.17) is 0 Å². The molecule has 3 heteroatoms. The smallest absolute Gasteiger partial charge is 0.123 e. The van der Waals surface area contributed by atoms with Gasteiger partial charge in [0.1, 0.15) is 6.67 Å². The standard InChI is InChI=1S/C8H17N3/c1-4-5-6-7-11(10-3)8-9-2/h6-7,10H,2,4-5,8H2,1,3H3/b7-6-. The molecule has 0 aromatic heterocycles. The molecule has 0 aromatic rings. The highest BCUT2D eigenvalue weighted by Gasteiger charge is 1.88. The maximum atomic E-state index is 3.75. The van der Waals surface area contributed by atoms with E-state index in [9.17, 15) is 0 Å². The SMILES string of the molecule is C=NCN(/C=C\CCC)NC. The first-order chi connectivity index (χ1) is 5.35. The first-order valence-electron chi connectivity index (χ1n) is 3.88. The number of unbranched alkanes of at least 4 members (excludes halogenated alkanes) is 1. The minimum Gasteiger partial charge on any atom is -0.295 e. The number of aliphatic imine (C=N–C) groups is 1. The lowest BCUT2D eigenvalue weighted by atomic mass is 10.3. The summed E-state index contributed by atoms with van der Waals surface area (Å²) in [7, 11) is 1.86. The molecule has 64 valence electrons. The topological polar surface area (TPSA) is 27.6 Å². The van der Waals surface area contributed by atoms with Gasteiger partial charge >= 0.3 is 0 Å². The van der Waals surface area contributed by atoms with E-state index >= 15 is 0 Å². The second-order valence-electron chi connectivity index (χ2n) is 2.23. The molecule has 0 rings (SSSR count). The third kappa shape index (κ3) is 5.61. The third-order valence-electron chi connectivity index (χ3n) is 1.28. The van der Waals surface area contributed by atoms with Gasteiger partial charge in [-0.1, -0.05) is 19.4 Å². The largest absolute Gasteiger partial charge is 0.295 e. The highest BCUT2D eigenvalue weighted by atomic mass is 15.5. The van der Waals surface area contributed by atoms with E-state index in [1.54, 1.807) is 0 Å². The average molecular weight is 155 g/mol. The highest BCUT2D eigenvalue weighted by Crippen LogP contribution is 1.90. The molecule has 0 fully saturated rings. The molecule has 11 heavy (non-hydrogen) atoms. The van der Waals surface area contributed by atoms with Crippen LogP contribution < -0.4 is 5.43 Å². The zero-order valence-electron chi connectivity index (χ0n) is 7.38. The third-order valence-corrected chi connectivity index (χ3v) is 1.28. The number of nitrogens with zero attached hydrogens (tertiary/aromatic N) is 2.